The Morgan fingerprint density at radius 2 is 1.91 bits per heavy atom. The van der Waals surface area contributed by atoms with Gasteiger partial charge in [-0.3, -0.25) is 4.21 Å². The summed E-state index contributed by atoms with van der Waals surface area (Å²) >= 11 is 5.79. The minimum Gasteiger partial charge on any atom is -0.424 e. The minimum absolute atomic E-state index is 0.249. The Kier molecular flexibility index (Phi) is 5.67. The molecule has 0 bridgehead atoms. The molecule has 1 fully saturated rings. The molecule has 164 valence electrons. The van der Waals surface area contributed by atoms with E-state index in [1.54, 1.807) is 0 Å². The van der Waals surface area contributed by atoms with Gasteiger partial charge in [-0.15, -0.1) is 0 Å². The molecule has 0 radical (unpaired) electrons. The van der Waals surface area contributed by atoms with Crippen molar-refractivity contribution in [3.63, 3.8) is 0 Å². The summed E-state index contributed by atoms with van der Waals surface area (Å²) in [5, 5.41) is 7.29. The first kappa shape index (κ1) is 20.7. The molecule has 0 saturated carbocycles. The number of benzene rings is 2. The maximum Gasteiger partial charge on any atom is 0.321 e. The quantitative estimate of drug-likeness (QED) is 0.424. The van der Waals surface area contributed by atoms with E-state index >= 15 is 0 Å². The van der Waals surface area contributed by atoms with Crippen molar-refractivity contribution in [1.29, 1.82) is 0 Å². The lowest BCUT2D eigenvalue weighted by Gasteiger charge is -2.26. The van der Waals surface area contributed by atoms with E-state index in [-0.39, 0.29) is 12.1 Å². The summed E-state index contributed by atoms with van der Waals surface area (Å²) in [7, 11) is 1.32. The van der Waals surface area contributed by atoms with Crippen LogP contribution in [0.5, 0.6) is 11.8 Å². The Hall–Kier alpha value is -3.17. The third kappa shape index (κ3) is 4.53. The highest BCUT2D eigenvalue weighted by atomic mass is 35.5. The molecule has 0 amide bonds. The summed E-state index contributed by atoms with van der Waals surface area (Å²) in [5.74, 6) is 2.87. The molecule has 0 spiro atoms. The highest BCUT2D eigenvalue weighted by molar-refractivity contribution is 7.86. The van der Waals surface area contributed by atoms with Crippen molar-refractivity contribution in [2.75, 3.05) is 22.1 Å². The second-order valence-electron chi connectivity index (χ2n) is 7.60. The van der Waals surface area contributed by atoms with Crippen LogP contribution in [0.2, 0.25) is 5.02 Å². The van der Waals surface area contributed by atoms with Gasteiger partial charge in [-0.2, -0.15) is 0 Å². The Balaban J connectivity index is 1.23. The van der Waals surface area contributed by atoms with E-state index in [2.05, 4.69) is 26.7 Å². The van der Waals surface area contributed by atoms with Gasteiger partial charge in [0.1, 0.15) is 5.75 Å². The molecule has 0 atom stereocenters. The first-order valence-corrected chi connectivity index (χ1v) is 12.0. The van der Waals surface area contributed by atoms with Crippen LogP contribution in [0.3, 0.4) is 0 Å². The van der Waals surface area contributed by atoms with E-state index in [4.69, 9.17) is 21.3 Å². The van der Waals surface area contributed by atoms with Crippen LogP contribution in [0.25, 0.3) is 11.0 Å². The molecular formula is C22H21ClN6O2S. The van der Waals surface area contributed by atoms with Crippen molar-refractivity contribution < 1.29 is 8.95 Å². The monoisotopic (exact) mass is 468 g/mol. The summed E-state index contributed by atoms with van der Waals surface area (Å²) in [5.41, 5.74) is 4.06. The van der Waals surface area contributed by atoms with E-state index < -0.39 is 10.8 Å². The van der Waals surface area contributed by atoms with Crippen molar-refractivity contribution >= 4 is 45.1 Å². The average molecular weight is 469 g/mol. The highest BCUT2D eigenvalue weighted by Crippen LogP contribution is 2.24. The van der Waals surface area contributed by atoms with Crippen LogP contribution in [0.1, 0.15) is 5.56 Å². The Morgan fingerprint density at radius 1 is 1.16 bits per heavy atom. The first-order valence-electron chi connectivity index (χ1n) is 10.1. The number of imidazole rings is 1. The molecule has 3 heterocycles. The van der Waals surface area contributed by atoms with Crippen molar-refractivity contribution in [2.45, 2.75) is 12.6 Å². The molecule has 2 N–H and O–H groups in total. The molecule has 2 aromatic heterocycles. The van der Waals surface area contributed by atoms with Gasteiger partial charge >= 0.3 is 6.01 Å². The molecule has 5 rings (SSSR count). The fourth-order valence-corrected chi connectivity index (χ4v) is 4.54. The van der Waals surface area contributed by atoms with Crippen LogP contribution in [-0.2, 0) is 24.4 Å². The summed E-state index contributed by atoms with van der Waals surface area (Å²) in [6.07, 6.45) is 2.99. The van der Waals surface area contributed by atoms with Gasteiger partial charge in [0.2, 0.25) is 5.95 Å². The summed E-state index contributed by atoms with van der Waals surface area (Å²) in [4.78, 5) is 12.8. The van der Waals surface area contributed by atoms with Gasteiger partial charge in [-0.05, 0) is 35.9 Å². The lowest BCUT2D eigenvalue weighted by Crippen LogP contribution is -2.42. The Labute approximate surface area is 192 Å². The number of aryl methyl sites for hydroxylation is 1. The van der Waals surface area contributed by atoms with Crippen LogP contribution < -0.4 is 15.4 Å². The fourth-order valence-electron chi connectivity index (χ4n) is 3.47. The third-order valence-corrected chi connectivity index (χ3v) is 6.95. The lowest BCUT2D eigenvalue weighted by atomic mass is 10.2. The van der Waals surface area contributed by atoms with Crippen LogP contribution in [0.15, 0.2) is 54.9 Å². The summed E-state index contributed by atoms with van der Waals surface area (Å²) < 4.78 is 19.0. The zero-order valence-electron chi connectivity index (χ0n) is 17.3. The van der Waals surface area contributed by atoms with E-state index in [9.17, 15) is 4.21 Å². The molecule has 2 aromatic carbocycles. The van der Waals surface area contributed by atoms with E-state index in [1.807, 2.05) is 48.0 Å². The fraction of sp³-hybridized carbons (Fsp3) is 0.227. The number of nitrogens with zero attached hydrogens (tertiary/aromatic N) is 4. The van der Waals surface area contributed by atoms with E-state index in [0.717, 1.165) is 28.2 Å². The largest absolute Gasteiger partial charge is 0.424 e. The van der Waals surface area contributed by atoms with Gasteiger partial charge in [0.25, 0.3) is 0 Å². The SMILES string of the molecule is Cn1c(NCc2ccc(Oc3ncc(Cl)cn3)cc2)nc2ccc(NC3CS(=O)C3)cc21. The van der Waals surface area contributed by atoms with Gasteiger partial charge in [-0.25, -0.2) is 15.0 Å². The summed E-state index contributed by atoms with van der Waals surface area (Å²) in [6.45, 7) is 0.619. The van der Waals surface area contributed by atoms with Crippen molar-refractivity contribution in [1.82, 2.24) is 19.5 Å². The number of fused-ring (bicyclic) bond motifs is 1. The molecule has 1 saturated heterocycles. The number of anilines is 2. The predicted octanol–water partition coefficient (Wildman–Crippen LogP) is 3.96. The van der Waals surface area contributed by atoms with Crippen LogP contribution in [0, 0.1) is 0 Å². The van der Waals surface area contributed by atoms with Gasteiger partial charge in [0.05, 0.1) is 28.4 Å². The van der Waals surface area contributed by atoms with Crippen LogP contribution in [-0.4, -0.2) is 41.3 Å². The maximum absolute atomic E-state index is 11.3. The smallest absolute Gasteiger partial charge is 0.321 e. The van der Waals surface area contributed by atoms with E-state index in [0.29, 0.717) is 28.8 Å². The molecular weight excluding hydrogens is 448 g/mol. The second kappa shape index (κ2) is 8.76. The number of halogens is 1. The molecule has 32 heavy (non-hydrogen) atoms. The molecule has 1 aliphatic rings. The lowest BCUT2D eigenvalue weighted by molar-refractivity contribution is 0.441. The molecule has 1 aliphatic heterocycles. The molecule has 0 unspecified atom stereocenters. The zero-order valence-corrected chi connectivity index (χ0v) is 18.9. The normalized spacial score (nSPS) is 17.7. The Bertz CT molecular complexity index is 1270. The van der Waals surface area contributed by atoms with Gasteiger partial charge in [0.15, 0.2) is 0 Å². The number of hydrogen-bond acceptors (Lipinski definition) is 7. The summed E-state index contributed by atoms with van der Waals surface area (Å²) in [6, 6.07) is 14.3. The standard InChI is InChI=1S/C22H21ClN6O2S/c1-29-20-8-16(27-17-12-32(30)13-17)4-7-19(20)28-21(29)24-9-14-2-5-18(6-3-14)31-22-25-10-15(23)11-26-22/h2-8,10-11,17,27H,9,12-13H2,1H3,(H,24,28). The average Bonchev–Trinajstić information content (AvgIpc) is 3.09. The molecule has 0 aliphatic carbocycles. The third-order valence-electron chi connectivity index (χ3n) is 5.21. The number of aromatic nitrogens is 4. The van der Waals surface area contributed by atoms with Crippen molar-refractivity contribution in [3.05, 3.63) is 65.4 Å². The maximum atomic E-state index is 11.3. The predicted molar refractivity (Wildman–Crippen MR) is 127 cm³/mol. The van der Waals surface area contributed by atoms with Crippen LogP contribution in [0.4, 0.5) is 11.6 Å². The highest BCUT2D eigenvalue weighted by Gasteiger charge is 2.25. The first-order chi connectivity index (χ1) is 15.5. The zero-order chi connectivity index (χ0) is 22.1. The van der Waals surface area contributed by atoms with Gasteiger partial charge in [-0.1, -0.05) is 23.7 Å². The number of ether oxygens (including phenoxy) is 1. The molecule has 10 heteroatoms. The Morgan fingerprint density at radius 3 is 2.62 bits per heavy atom. The minimum atomic E-state index is -0.666. The molecule has 4 aromatic rings. The number of nitrogens with one attached hydrogen (secondary N) is 2. The number of hydrogen-bond donors (Lipinski definition) is 2. The van der Waals surface area contributed by atoms with Crippen LogP contribution >= 0.6 is 11.6 Å². The van der Waals surface area contributed by atoms with Crippen molar-refractivity contribution in [3.8, 4) is 11.8 Å². The number of rotatable bonds is 7. The topological polar surface area (TPSA) is 94.0 Å². The van der Waals surface area contributed by atoms with Gasteiger partial charge < -0.3 is 19.9 Å². The van der Waals surface area contributed by atoms with Gasteiger partial charge in [0, 0.05) is 47.6 Å². The molecule has 8 nitrogen and oxygen atoms in total. The van der Waals surface area contributed by atoms with E-state index in [1.165, 1.54) is 12.4 Å². The van der Waals surface area contributed by atoms with Crippen molar-refractivity contribution in [2.24, 2.45) is 7.05 Å². The second-order valence-corrected chi connectivity index (χ2v) is 9.58.